The van der Waals surface area contributed by atoms with Gasteiger partial charge in [0.15, 0.2) is 0 Å². The molecular weight excluding hydrogens is 326 g/mol. The molecule has 0 unspecified atom stereocenters. The van der Waals surface area contributed by atoms with Gasteiger partial charge in [0.05, 0.1) is 17.4 Å². The van der Waals surface area contributed by atoms with Crippen molar-refractivity contribution in [1.29, 1.82) is 0 Å². The minimum absolute atomic E-state index is 0.131. The molecule has 4 rings (SSSR count). The summed E-state index contributed by atoms with van der Waals surface area (Å²) in [7, 11) is 0. The van der Waals surface area contributed by atoms with E-state index in [0.29, 0.717) is 24.3 Å². The van der Waals surface area contributed by atoms with E-state index >= 15 is 0 Å². The Morgan fingerprint density at radius 3 is 2.77 bits per heavy atom. The number of aromatic nitrogens is 1. The van der Waals surface area contributed by atoms with Gasteiger partial charge in [-0.3, -0.25) is 9.78 Å². The van der Waals surface area contributed by atoms with Crippen LogP contribution in [0, 0.1) is 0 Å². The molecule has 0 atom stereocenters. The van der Waals surface area contributed by atoms with E-state index in [1.165, 1.54) is 16.7 Å². The number of aliphatic hydroxyl groups is 1. The number of aliphatic hydroxyl groups excluding tert-OH is 1. The first-order chi connectivity index (χ1) is 12.5. The number of nitrogen functional groups attached to an aromatic ring is 1. The van der Waals surface area contributed by atoms with Crippen molar-refractivity contribution in [2.24, 2.45) is 0 Å². The van der Waals surface area contributed by atoms with Crippen LogP contribution in [0.5, 0.6) is 0 Å². The van der Waals surface area contributed by atoms with Gasteiger partial charge in [0, 0.05) is 42.5 Å². The van der Waals surface area contributed by atoms with Crippen molar-refractivity contribution in [2.45, 2.75) is 32.8 Å². The second-order valence-electron chi connectivity index (χ2n) is 7.17. The maximum absolute atomic E-state index is 12.6. The average Bonchev–Trinajstić information content (AvgIpc) is 2.93. The third kappa shape index (κ3) is 2.69. The summed E-state index contributed by atoms with van der Waals surface area (Å²) in [5.41, 5.74) is 14.0. The normalized spacial score (nSPS) is 16.7. The first kappa shape index (κ1) is 16.8. The zero-order valence-corrected chi connectivity index (χ0v) is 15.1. The molecule has 1 fully saturated rings. The zero-order valence-electron chi connectivity index (χ0n) is 15.1. The molecule has 1 aromatic heterocycles. The number of likely N-dealkylation sites (tertiary alicyclic amines) is 1. The Morgan fingerprint density at radius 1 is 1.31 bits per heavy atom. The summed E-state index contributed by atoms with van der Waals surface area (Å²) in [5, 5.41) is 9.44. The number of fused-ring (bicyclic) bond motifs is 1. The fraction of sp³-hybridized carbons (Fsp3) is 0.333. The lowest BCUT2D eigenvalue weighted by Gasteiger charge is -2.36. The number of rotatable bonds is 3. The lowest BCUT2D eigenvalue weighted by Crippen LogP contribution is -2.53. The maximum Gasteiger partial charge on any atom is 0.256 e. The first-order valence-electron chi connectivity index (χ1n) is 9.03. The molecule has 5 nitrogen and oxygen atoms in total. The van der Waals surface area contributed by atoms with Crippen molar-refractivity contribution in [3.05, 3.63) is 52.9 Å². The fourth-order valence-corrected chi connectivity index (χ4v) is 3.85. The average molecular weight is 349 g/mol. The Morgan fingerprint density at radius 2 is 2.08 bits per heavy atom. The molecule has 134 valence electrons. The van der Waals surface area contributed by atoms with E-state index in [9.17, 15) is 9.90 Å². The van der Waals surface area contributed by atoms with Crippen molar-refractivity contribution in [2.75, 3.05) is 18.8 Å². The van der Waals surface area contributed by atoms with Gasteiger partial charge >= 0.3 is 0 Å². The number of hydrogen-bond acceptors (Lipinski definition) is 4. The number of benzene rings is 1. The molecule has 2 aliphatic rings. The molecular formula is C21H23N3O2. The van der Waals surface area contributed by atoms with Gasteiger partial charge in [-0.25, -0.2) is 0 Å². The number of nitrogens with two attached hydrogens (primary N) is 1. The molecule has 1 amide bonds. The number of carbonyl (C=O) groups is 1. The molecule has 1 aliphatic carbocycles. The second kappa shape index (κ2) is 6.25. The van der Waals surface area contributed by atoms with Gasteiger partial charge in [-0.1, -0.05) is 18.6 Å². The lowest BCUT2D eigenvalue weighted by atomic mass is 9.98. The van der Waals surface area contributed by atoms with Gasteiger partial charge < -0.3 is 15.7 Å². The standard InChI is InChI=1S/C21H23N3O2/c1-3-16-12(2)6-20-17(16)8-14(9-23-20)13-4-5-19(22)18(7-13)21(26)24-10-15(25)11-24/h4-5,7-9,15,25H,3,6,10-11,22H2,1-2H3. The molecule has 3 N–H and O–H groups in total. The van der Waals surface area contributed by atoms with Crippen LogP contribution in [0.15, 0.2) is 36.0 Å². The van der Waals surface area contributed by atoms with Crippen LogP contribution < -0.4 is 5.73 Å². The van der Waals surface area contributed by atoms with Crippen molar-refractivity contribution < 1.29 is 9.90 Å². The van der Waals surface area contributed by atoms with E-state index in [2.05, 4.69) is 24.9 Å². The summed E-state index contributed by atoms with van der Waals surface area (Å²) < 4.78 is 0. The molecule has 0 saturated carbocycles. The molecule has 2 heterocycles. The number of allylic oxidation sites excluding steroid dienone is 2. The number of nitrogens with zero attached hydrogens (tertiary/aromatic N) is 2. The van der Waals surface area contributed by atoms with Crippen molar-refractivity contribution >= 4 is 17.2 Å². The number of anilines is 1. The van der Waals surface area contributed by atoms with Gasteiger partial charge in [0.2, 0.25) is 0 Å². The monoisotopic (exact) mass is 349 g/mol. The van der Waals surface area contributed by atoms with Crippen molar-refractivity contribution in [3.8, 4) is 11.1 Å². The highest BCUT2D eigenvalue weighted by molar-refractivity contribution is 6.01. The Kier molecular flexibility index (Phi) is 4.04. The van der Waals surface area contributed by atoms with E-state index in [0.717, 1.165) is 29.7 Å². The summed E-state index contributed by atoms with van der Waals surface area (Å²) in [6.45, 7) is 5.07. The maximum atomic E-state index is 12.6. The number of β-amino-alcohol motifs (C(OH)–C–C–N with tert-alkyl or cyclic N) is 1. The molecule has 1 saturated heterocycles. The molecule has 5 heteroatoms. The van der Waals surface area contributed by atoms with Gasteiger partial charge in [-0.15, -0.1) is 0 Å². The second-order valence-corrected chi connectivity index (χ2v) is 7.17. The SMILES string of the molecule is CCC1=C(C)Cc2ncc(-c3ccc(N)c(C(=O)N4CC(O)C4)c3)cc21. The van der Waals surface area contributed by atoms with Gasteiger partial charge in [0.25, 0.3) is 5.91 Å². The number of amides is 1. The van der Waals surface area contributed by atoms with Crippen LogP contribution in [0.2, 0.25) is 0 Å². The van der Waals surface area contributed by atoms with Crippen LogP contribution in [-0.2, 0) is 6.42 Å². The quantitative estimate of drug-likeness (QED) is 0.835. The molecule has 26 heavy (non-hydrogen) atoms. The van der Waals surface area contributed by atoms with E-state index < -0.39 is 6.10 Å². The lowest BCUT2D eigenvalue weighted by molar-refractivity contribution is 0.00597. The largest absolute Gasteiger partial charge is 0.398 e. The minimum Gasteiger partial charge on any atom is -0.398 e. The summed E-state index contributed by atoms with van der Waals surface area (Å²) >= 11 is 0. The number of pyridine rings is 1. The molecule has 0 radical (unpaired) electrons. The Labute approximate surface area is 153 Å². The molecule has 0 bridgehead atoms. The predicted octanol–water partition coefficient (Wildman–Crippen LogP) is 2.89. The summed E-state index contributed by atoms with van der Waals surface area (Å²) in [6.07, 6.45) is 3.36. The number of carbonyl (C=O) groups excluding carboxylic acids is 1. The van der Waals surface area contributed by atoms with Gasteiger partial charge in [-0.05, 0) is 42.7 Å². The van der Waals surface area contributed by atoms with Crippen molar-refractivity contribution in [3.63, 3.8) is 0 Å². The highest BCUT2D eigenvalue weighted by Crippen LogP contribution is 2.36. The Bertz CT molecular complexity index is 927. The van der Waals surface area contributed by atoms with Gasteiger partial charge in [0.1, 0.15) is 0 Å². The fourth-order valence-electron chi connectivity index (χ4n) is 3.85. The minimum atomic E-state index is -0.424. The molecule has 0 spiro atoms. The van der Waals surface area contributed by atoms with Crippen LogP contribution in [0.3, 0.4) is 0 Å². The topological polar surface area (TPSA) is 79.5 Å². The van der Waals surface area contributed by atoms with E-state index in [4.69, 9.17) is 5.73 Å². The third-order valence-electron chi connectivity index (χ3n) is 5.36. The van der Waals surface area contributed by atoms with E-state index in [1.807, 2.05) is 18.3 Å². The van der Waals surface area contributed by atoms with Crippen LogP contribution in [0.25, 0.3) is 16.7 Å². The highest BCUT2D eigenvalue weighted by atomic mass is 16.3. The Balaban J connectivity index is 1.70. The Hall–Kier alpha value is -2.66. The van der Waals surface area contributed by atoms with Crippen molar-refractivity contribution in [1.82, 2.24) is 9.88 Å². The molecule has 1 aliphatic heterocycles. The summed E-state index contributed by atoms with van der Waals surface area (Å²) in [6, 6.07) is 7.71. The van der Waals surface area contributed by atoms with Crippen LogP contribution in [0.4, 0.5) is 5.69 Å². The molecule has 1 aromatic carbocycles. The van der Waals surface area contributed by atoms with Crippen LogP contribution in [0.1, 0.15) is 41.9 Å². The third-order valence-corrected chi connectivity index (χ3v) is 5.36. The molecule has 2 aromatic rings. The zero-order chi connectivity index (χ0) is 18.4. The van der Waals surface area contributed by atoms with E-state index in [-0.39, 0.29) is 5.91 Å². The number of hydrogen-bond donors (Lipinski definition) is 2. The van der Waals surface area contributed by atoms with Crippen LogP contribution >= 0.6 is 0 Å². The van der Waals surface area contributed by atoms with E-state index in [1.54, 1.807) is 11.0 Å². The van der Waals surface area contributed by atoms with Crippen LogP contribution in [-0.4, -0.2) is 40.1 Å². The highest BCUT2D eigenvalue weighted by Gasteiger charge is 2.30. The summed E-state index contributed by atoms with van der Waals surface area (Å²) in [4.78, 5) is 18.9. The first-order valence-corrected chi connectivity index (χ1v) is 9.03. The summed E-state index contributed by atoms with van der Waals surface area (Å²) in [5.74, 6) is -0.131. The smallest absolute Gasteiger partial charge is 0.256 e. The van der Waals surface area contributed by atoms with Gasteiger partial charge in [-0.2, -0.15) is 0 Å². The predicted molar refractivity (Wildman–Crippen MR) is 103 cm³/mol.